The van der Waals surface area contributed by atoms with Gasteiger partial charge in [0.05, 0.1) is 6.54 Å². The molecule has 104 valence electrons. The van der Waals surface area contributed by atoms with E-state index >= 15 is 0 Å². The van der Waals surface area contributed by atoms with Crippen LogP contribution in [-0.4, -0.2) is 17.4 Å². The van der Waals surface area contributed by atoms with E-state index in [1.54, 1.807) is 29.4 Å². The lowest BCUT2D eigenvalue weighted by Gasteiger charge is -2.23. The number of hydrogen-bond donors (Lipinski definition) is 1. The summed E-state index contributed by atoms with van der Waals surface area (Å²) < 4.78 is 13.0. The SMILES string of the molecule is NCCC(=O)N(Cc1ccncc1)c1ccc(F)cc1. The minimum Gasteiger partial charge on any atom is -0.330 e. The molecule has 5 heteroatoms. The van der Waals surface area contributed by atoms with Gasteiger partial charge in [0.2, 0.25) is 5.91 Å². The first kappa shape index (κ1) is 14.1. The highest BCUT2D eigenvalue weighted by Crippen LogP contribution is 2.18. The third-order valence-electron chi connectivity index (χ3n) is 2.89. The van der Waals surface area contributed by atoms with Crippen molar-refractivity contribution in [1.82, 2.24) is 4.98 Å². The third kappa shape index (κ3) is 3.61. The van der Waals surface area contributed by atoms with Crippen LogP contribution in [0.5, 0.6) is 0 Å². The first-order valence-corrected chi connectivity index (χ1v) is 6.35. The molecule has 1 aromatic heterocycles. The first-order chi connectivity index (χ1) is 9.70. The molecule has 0 spiro atoms. The Hall–Kier alpha value is -2.27. The summed E-state index contributed by atoms with van der Waals surface area (Å²) in [6.07, 6.45) is 3.60. The molecule has 0 unspecified atom stereocenters. The highest BCUT2D eigenvalue weighted by atomic mass is 19.1. The Balaban J connectivity index is 2.25. The van der Waals surface area contributed by atoms with Gasteiger partial charge in [-0.1, -0.05) is 0 Å². The molecule has 0 atom stereocenters. The molecule has 2 N–H and O–H groups in total. The summed E-state index contributed by atoms with van der Waals surface area (Å²) in [5.74, 6) is -0.417. The molecule has 0 fully saturated rings. The quantitative estimate of drug-likeness (QED) is 0.907. The molecular weight excluding hydrogens is 257 g/mol. The van der Waals surface area contributed by atoms with Crippen molar-refractivity contribution in [2.75, 3.05) is 11.4 Å². The van der Waals surface area contributed by atoms with Crippen LogP contribution in [0.3, 0.4) is 0 Å². The summed E-state index contributed by atoms with van der Waals surface area (Å²) in [4.78, 5) is 17.7. The summed E-state index contributed by atoms with van der Waals surface area (Å²) in [7, 11) is 0. The zero-order valence-corrected chi connectivity index (χ0v) is 11.0. The second-order valence-corrected chi connectivity index (χ2v) is 4.35. The number of carbonyl (C=O) groups excluding carboxylic acids is 1. The van der Waals surface area contributed by atoms with E-state index in [4.69, 9.17) is 5.73 Å². The Morgan fingerprint density at radius 2 is 1.80 bits per heavy atom. The molecule has 1 aromatic carbocycles. The first-order valence-electron chi connectivity index (χ1n) is 6.35. The van der Waals surface area contributed by atoms with Crippen molar-refractivity contribution in [2.24, 2.45) is 5.73 Å². The van der Waals surface area contributed by atoms with Gasteiger partial charge in [-0.2, -0.15) is 0 Å². The number of nitrogens with zero attached hydrogens (tertiary/aromatic N) is 2. The highest BCUT2D eigenvalue weighted by molar-refractivity contribution is 5.93. The van der Waals surface area contributed by atoms with Crippen LogP contribution in [0.1, 0.15) is 12.0 Å². The van der Waals surface area contributed by atoms with Crippen LogP contribution in [0.15, 0.2) is 48.8 Å². The molecule has 0 saturated heterocycles. The Morgan fingerprint density at radius 3 is 2.40 bits per heavy atom. The number of amides is 1. The van der Waals surface area contributed by atoms with E-state index < -0.39 is 0 Å². The van der Waals surface area contributed by atoms with Crippen molar-refractivity contribution >= 4 is 11.6 Å². The summed E-state index contributed by atoms with van der Waals surface area (Å²) in [5.41, 5.74) is 7.05. The number of halogens is 1. The number of aromatic nitrogens is 1. The Bertz CT molecular complexity index is 557. The van der Waals surface area contributed by atoms with E-state index in [0.29, 0.717) is 12.2 Å². The van der Waals surface area contributed by atoms with E-state index in [1.807, 2.05) is 12.1 Å². The molecule has 0 bridgehead atoms. The average molecular weight is 273 g/mol. The number of anilines is 1. The van der Waals surface area contributed by atoms with Crippen molar-refractivity contribution in [3.8, 4) is 0 Å². The Morgan fingerprint density at radius 1 is 1.15 bits per heavy atom. The topological polar surface area (TPSA) is 59.2 Å². The summed E-state index contributed by atoms with van der Waals surface area (Å²) in [6.45, 7) is 0.694. The fourth-order valence-electron chi connectivity index (χ4n) is 1.87. The predicted molar refractivity (Wildman–Crippen MR) is 75.5 cm³/mol. The number of rotatable bonds is 5. The molecule has 0 radical (unpaired) electrons. The summed E-state index contributed by atoms with van der Waals surface area (Å²) >= 11 is 0. The fraction of sp³-hybridized carbons (Fsp3) is 0.200. The van der Waals surface area contributed by atoms with Crippen LogP contribution in [0, 0.1) is 5.82 Å². The lowest BCUT2D eigenvalue weighted by atomic mass is 10.2. The minimum absolute atomic E-state index is 0.0871. The zero-order valence-electron chi connectivity index (χ0n) is 11.0. The largest absolute Gasteiger partial charge is 0.330 e. The zero-order chi connectivity index (χ0) is 14.4. The number of nitrogens with two attached hydrogens (primary N) is 1. The van der Waals surface area contributed by atoms with Gasteiger partial charge in [-0.3, -0.25) is 9.78 Å². The van der Waals surface area contributed by atoms with Crippen molar-refractivity contribution in [1.29, 1.82) is 0 Å². The van der Waals surface area contributed by atoms with Gasteiger partial charge in [-0.15, -0.1) is 0 Å². The average Bonchev–Trinajstić information content (AvgIpc) is 2.47. The molecule has 20 heavy (non-hydrogen) atoms. The predicted octanol–water partition coefficient (Wildman–Crippen LogP) is 2.10. The van der Waals surface area contributed by atoms with Crippen LogP contribution in [0.4, 0.5) is 10.1 Å². The molecule has 4 nitrogen and oxygen atoms in total. The van der Waals surface area contributed by atoms with E-state index in [1.165, 1.54) is 12.1 Å². The number of pyridine rings is 1. The Labute approximate surface area is 117 Å². The number of hydrogen-bond acceptors (Lipinski definition) is 3. The molecule has 0 aliphatic heterocycles. The van der Waals surface area contributed by atoms with Gasteiger partial charge in [-0.25, -0.2) is 4.39 Å². The van der Waals surface area contributed by atoms with E-state index in [9.17, 15) is 9.18 Å². The van der Waals surface area contributed by atoms with Crippen molar-refractivity contribution in [3.05, 3.63) is 60.2 Å². The van der Waals surface area contributed by atoms with Gasteiger partial charge < -0.3 is 10.6 Å². The van der Waals surface area contributed by atoms with Gasteiger partial charge in [0.15, 0.2) is 0 Å². The summed E-state index contributed by atoms with van der Waals surface area (Å²) in [5, 5.41) is 0. The maximum absolute atomic E-state index is 13.0. The molecule has 0 aliphatic carbocycles. The standard InChI is InChI=1S/C15H16FN3O/c16-13-1-3-14(4-2-13)19(15(20)5-8-17)11-12-6-9-18-10-7-12/h1-4,6-7,9-10H,5,8,11,17H2. The van der Waals surface area contributed by atoms with E-state index in [-0.39, 0.29) is 24.7 Å². The molecule has 1 amide bonds. The Kier molecular flexibility index (Phi) is 4.79. The van der Waals surface area contributed by atoms with Gasteiger partial charge >= 0.3 is 0 Å². The monoisotopic (exact) mass is 273 g/mol. The molecular formula is C15H16FN3O. The lowest BCUT2D eigenvalue weighted by Crippen LogP contribution is -2.31. The second kappa shape index (κ2) is 6.77. The van der Waals surface area contributed by atoms with E-state index in [2.05, 4.69) is 4.98 Å². The van der Waals surface area contributed by atoms with Crippen molar-refractivity contribution in [3.63, 3.8) is 0 Å². The molecule has 2 aromatic rings. The molecule has 2 rings (SSSR count). The lowest BCUT2D eigenvalue weighted by molar-refractivity contribution is -0.118. The summed E-state index contributed by atoms with van der Waals surface area (Å²) in [6, 6.07) is 9.53. The number of benzene rings is 1. The van der Waals surface area contributed by atoms with E-state index in [0.717, 1.165) is 5.56 Å². The highest BCUT2D eigenvalue weighted by Gasteiger charge is 2.15. The maximum Gasteiger partial charge on any atom is 0.228 e. The van der Waals surface area contributed by atoms with Gasteiger partial charge in [0, 0.05) is 31.0 Å². The van der Waals surface area contributed by atoms with Gasteiger partial charge in [0.1, 0.15) is 5.82 Å². The molecule has 1 heterocycles. The van der Waals surface area contributed by atoms with Crippen LogP contribution in [0.2, 0.25) is 0 Å². The molecule has 0 aliphatic rings. The van der Waals surface area contributed by atoms with Gasteiger partial charge in [0.25, 0.3) is 0 Å². The third-order valence-corrected chi connectivity index (χ3v) is 2.89. The number of carbonyl (C=O) groups is 1. The van der Waals surface area contributed by atoms with Crippen LogP contribution in [0.25, 0.3) is 0 Å². The van der Waals surface area contributed by atoms with Crippen molar-refractivity contribution < 1.29 is 9.18 Å². The second-order valence-electron chi connectivity index (χ2n) is 4.35. The molecule has 0 saturated carbocycles. The minimum atomic E-state index is -0.330. The van der Waals surface area contributed by atoms with Gasteiger partial charge in [-0.05, 0) is 42.0 Å². The maximum atomic E-state index is 13.0. The van der Waals surface area contributed by atoms with Crippen LogP contribution in [-0.2, 0) is 11.3 Å². The van der Waals surface area contributed by atoms with Crippen LogP contribution >= 0.6 is 0 Å². The fourth-order valence-corrected chi connectivity index (χ4v) is 1.87. The normalized spacial score (nSPS) is 10.3. The van der Waals surface area contributed by atoms with Crippen LogP contribution < -0.4 is 10.6 Å². The van der Waals surface area contributed by atoms with Crippen molar-refractivity contribution in [2.45, 2.75) is 13.0 Å². The smallest absolute Gasteiger partial charge is 0.228 e.